The summed E-state index contributed by atoms with van der Waals surface area (Å²) in [7, 11) is 0. The first-order valence-electron chi connectivity index (χ1n) is 8.28. The number of benzene rings is 3. The Morgan fingerprint density at radius 1 is 0.840 bits per heavy atom. The molecule has 2 nitrogen and oxygen atoms in total. The highest BCUT2D eigenvalue weighted by Gasteiger charge is 2.22. The predicted molar refractivity (Wildman–Crippen MR) is 106 cm³/mol. The third kappa shape index (κ3) is 4.52. The van der Waals surface area contributed by atoms with Gasteiger partial charge in [-0.2, -0.15) is 0 Å². The van der Waals surface area contributed by atoms with Crippen molar-refractivity contribution in [3.8, 4) is 0 Å². The van der Waals surface area contributed by atoms with Crippen LogP contribution in [0.15, 0.2) is 83.8 Å². The molecule has 3 aromatic rings. The Morgan fingerprint density at radius 2 is 1.48 bits per heavy atom. The maximum absolute atomic E-state index is 13.0. The summed E-state index contributed by atoms with van der Waals surface area (Å²) < 4.78 is 0. The molecule has 0 radical (unpaired) electrons. The normalized spacial score (nSPS) is 11.8. The van der Waals surface area contributed by atoms with Crippen LogP contribution < -0.4 is 5.32 Å². The third-order valence-electron chi connectivity index (χ3n) is 4.11. The molecular weight excluding hydrogens is 326 g/mol. The van der Waals surface area contributed by atoms with Gasteiger partial charge in [0.05, 0.1) is 0 Å². The van der Waals surface area contributed by atoms with Crippen LogP contribution in [0.1, 0.15) is 21.9 Å². The van der Waals surface area contributed by atoms with Gasteiger partial charge in [0, 0.05) is 10.6 Å². The van der Waals surface area contributed by atoms with Crippen molar-refractivity contribution in [3.63, 3.8) is 0 Å². The first kappa shape index (κ1) is 17.3. The molecule has 3 aromatic carbocycles. The van der Waals surface area contributed by atoms with E-state index in [2.05, 4.69) is 19.2 Å². The fourth-order valence-electron chi connectivity index (χ4n) is 2.56. The molecule has 0 aliphatic rings. The van der Waals surface area contributed by atoms with Crippen LogP contribution in [-0.4, -0.2) is 5.91 Å². The van der Waals surface area contributed by atoms with Crippen LogP contribution in [0.25, 0.3) is 0 Å². The summed E-state index contributed by atoms with van der Waals surface area (Å²) in [6.07, 6.45) is 0. The molecule has 0 aromatic heterocycles. The summed E-state index contributed by atoms with van der Waals surface area (Å²) in [5.74, 6) is -0.0108. The number of amides is 1. The number of carbonyl (C=O) groups excluding carboxylic acids is 1. The number of aryl methyl sites for hydroxylation is 2. The van der Waals surface area contributed by atoms with E-state index in [4.69, 9.17) is 0 Å². The molecule has 25 heavy (non-hydrogen) atoms. The fourth-order valence-corrected chi connectivity index (χ4v) is 3.61. The highest BCUT2D eigenvalue weighted by atomic mass is 32.2. The fraction of sp³-hybridized carbons (Fsp3) is 0.136. The molecule has 0 spiro atoms. The van der Waals surface area contributed by atoms with Crippen LogP contribution in [0.3, 0.4) is 0 Å². The molecule has 0 bridgehead atoms. The quantitative estimate of drug-likeness (QED) is 0.593. The Kier molecular flexibility index (Phi) is 5.56. The first-order chi connectivity index (χ1) is 12.1. The predicted octanol–water partition coefficient (Wildman–Crippen LogP) is 5.78. The third-order valence-corrected chi connectivity index (χ3v) is 5.38. The minimum Gasteiger partial charge on any atom is -0.325 e. The van der Waals surface area contributed by atoms with Crippen molar-refractivity contribution >= 4 is 23.4 Å². The Hall–Kier alpha value is -2.52. The molecule has 3 heteroatoms. The van der Waals surface area contributed by atoms with Gasteiger partial charge in [0.1, 0.15) is 5.25 Å². The highest BCUT2D eigenvalue weighted by Crippen LogP contribution is 2.36. The maximum Gasteiger partial charge on any atom is 0.242 e. The van der Waals surface area contributed by atoms with Gasteiger partial charge in [-0.1, -0.05) is 54.6 Å². The Labute approximate surface area is 153 Å². The van der Waals surface area contributed by atoms with Gasteiger partial charge in [-0.3, -0.25) is 4.79 Å². The standard InChI is InChI=1S/C22H21NOS/c1-16-13-14-19(15-17(16)2)23-22(24)21(18-9-5-3-6-10-18)25-20-11-7-4-8-12-20/h3-15,21H,1-2H3,(H,23,24)/t21-/m1/s1. The van der Waals surface area contributed by atoms with Crippen LogP contribution in [0.5, 0.6) is 0 Å². The summed E-state index contributed by atoms with van der Waals surface area (Å²) in [5, 5.41) is 2.77. The van der Waals surface area contributed by atoms with Gasteiger partial charge >= 0.3 is 0 Å². The Bertz CT molecular complexity index is 846. The number of hydrogen-bond donors (Lipinski definition) is 1. The van der Waals surface area contributed by atoms with E-state index in [1.54, 1.807) is 11.8 Å². The molecule has 0 aliphatic heterocycles. The van der Waals surface area contributed by atoms with E-state index in [1.807, 2.05) is 78.9 Å². The molecule has 0 fully saturated rings. The summed E-state index contributed by atoms with van der Waals surface area (Å²) >= 11 is 1.56. The second-order valence-corrected chi connectivity index (χ2v) is 7.19. The van der Waals surface area contributed by atoms with Crippen LogP contribution in [0.2, 0.25) is 0 Å². The minimum absolute atomic E-state index is 0.0108. The first-order valence-corrected chi connectivity index (χ1v) is 9.16. The van der Waals surface area contributed by atoms with Gasteiger partial charge in [-0.15, -0.1) is 11.8 Å². The molecule has 1 amide bonds. The molecule has 126 valence electrons. The molecule has 1 atom stereocenters. The molecule has 3 rings (SSSR count). The number of hydrogen-bond acceptors (Lipinski definition) is 2. The monoisotopic (exact) mass is 347 g/mol. The van der Waals surface area contributed by atoms with Gasteiger partial charge in [-0.05, 0) is 54.8 Å². The number of carbonyl (C=O) groups is 1. The Balaban J connectivity index is 1.85. The van der Waals surface area contributed by atoms with Gasteiger partial charge < -0.3 is 5.32 Å². The van der Waals surface area contributed by atoms with E-state index < -0.39 is 0 Å². The summed E-state index contributed by atoms with van der Waals surface area (Å²) in [5.41, 5.74) is 4.22. The smallest absolute Gasteiger partial charge is 0.242 e. The van der Waals surface area contributed by atoms with Gasteiger partial charge in [-0.25, -0.2) is 0 Å². The second kappa shape index (κ2) is 8.04. The molecule has 0 saturated heterocycles. The molecular formula is C22H21NOS. The molecule has 0 saturated carbocycles. The Morgan fingerprint density at radius 3 is 2.12 bits per heavy atom. The van der Waals surface area contributed by atoms with Crippen molar-refractivity contribution in [2.24, 2.45) is 0 Å². The van der Waals surface area contributed by atoms with Crippen LogP contribution in [0, 0.1) is 13.8 Å². The lowest BCUT2D eigenvalue weighted by Crippen LogP contribution is -2.19. The van der Waals surface area contributed by atoms with Crippen molar-refractivity contribution in [1.29, 1.82) is 0 Å². The van der Waals surface area contributed by atoms with Gasteiger partial charge in [0.25, 0.3) is 0 Å². The van der Waals surface area contributed by atoms with Crippen LogP contribution in [0.4, 0.5) is 5.69 Å². The zero-order valence-electron chi connectivity index (χ0n) is 14.4. The average molecular weight is 347 g/mol. The lowest BCUT2D eigenvalue weighted by Gasteiger charge is -2.17. The second-order valence-electron chi connectivity index (χ2n) is 6.01. The highest BCUT2D eigenvalue weighted by molar-refractivity contribution is 8.00. The van der Waals surface area contributed by atoms with E-state index in [-0.39, 0.29) is 11.2 Å². The maximum atomic E-state index is 13.0. The SMILES string of the molecule is Cc1ccc(NC(=O)[C@H](Sc2ccccc2)c2ccccc2)cc1C. The minimum atomic E-state index is -0.301. The lowest BCUT2D eigenvalue weighted by molar-refractivity contribution is -0.115. The number of anilines is 1. The van der Waals surface area contributed by atoms with Crippen molar-refractivity contribution in [2.45, 2.75) is 24.0 Å². The van der Waals surface area contributed by atoms with E-state index in [1.165, 1.54) is 11.1 Å². The molecule has 1 N–H and O–H groups in total. The van der Waals surface area contributed by atoms with E-state index in [0.29, 0.717) is 0 Å². The molecule has 0 heterocycles. The molecule has 0 aliphatic carbocycles. The van der Waals surface area contributed by atoms with Gasteiger partial charge in [0.15, 0.2) is 0 Å². The zero-order valence-corrected chi connectivity index (χ0v) is 15.2. The van der Waals surface area contributed by atoms with Gasteiger partial charge in [0.2, 0.25) is 5.91 Å². The van der Waals surface area contributed by atoms with Crippen molar-refractivity contribution in [3.05, 3.63) is 95.6 Å². The number of nitrogens with one attached hydrogen (secondary N) is 1. The van der Waals surface area contributed by atoms with Crippen molar-refractivity contribution in [2.75, 3.05) is 5.32 Å². The van der Waals surface area contributed by atoms with Crippen LogP contribution in [-0.2, 0) is 4.79 Å². The largest absolute Gasteiger partial charge is 0.325 e. The average Bonchev–Trinajstić information content (AvgIpc) is 2.64. The summed E-state index contributed by atoms with van der Waals surface area (Å²) in [4.78, 5) is 14.1. The van der Waals surface area contributed by atoms with E-state index in [9.17, 15) is 4.79 Å². The van der Waals surface area contributed by atoms with Crippen molar-refractivity contribution in [1.82, 2.24) is 0 Å². The lowest BCUT2D eigenvalue weighted by atomic mass is 10.1. The molecule has 0 unspecified atom stereocenters. The van der Waals surface area contributed by atoms with E-state index >= 15 is 0 Å². The summed E-state index contributed by atoms with van der Waals surface area (Å²) in [6.45, 7) is 4.12. The summed E-state index contributed by atoms with van der Waals surface area (Å²) in [6, 6.07) is 25.9. The number of rotatable bonds is 5. The topological polar surface area (TPSA) is 29.1 Å². The van der Waals surface area contributed by atoms with Crippen molar-refractivity contribution < 1.29 is 4.79 Å². The number of thioether (sulfide) groups is 1. The van der Waals surface area contributed by atoms with Crippen LogP contribution >= 0.6 is 11.8 Å². The zero-order chi connectivity index (χ0) is 17.6. The van der Waals surface area contributed by atoms with E-state index in [0.717, 1.165) is 16.1 Å².